The summed E-state index contributed by atoms with van der Waals surface area (Å²) < 4.78 is 12.5. The maximum atomic E-state index is 12.7. The molecule has 0 saturated carbocycles. The van der Waals surface area contributed by atoms with Gasteiger partial charge in [0.25, 0.3) is 0 Å². The summed E-state index contributed by atoms with van der Waals surface area (Å²) in [6.45, 7) is 1.99. The summed E-state index contributed by atoms with van der Waals surface area (Å²) in [5, 5.41) is 7.32. The SMILES string of the molecule is O=C(Nc1ccc2c(c1)OCO2)C1CCN(C(=O)C=Cc2cnn(Cc3ccccc3)c2)CC1. The van der Waals surface area contributed by atoms with Crippen molar-refractivity contribution < 1.29 is 19.1 Å². The molecule has 2 aromatic carbocycles. The molecule has 1 fully saturated rings. The maximum absolute atomic E-state index is 12.7. The first kappa shape index (κ1) is 21.8. The van der Waals surface area contributed by atoms with Crippen molar-refractivity contribution in [2.24, 2.45) is 5.92 Å². The molecule has 2 aliphatic rings. The van der Waals surface area contributed by atoms with E-state index in [1.54, 1.807) is 41.4 Å². The van der Waals surface area contributed by atoms with Crippen molar-refractivity contribution in [1.29, 1.82) is 0 Å². The third-order valence-electron chi connectivity index (χ3n) is 6.08. The molecule has 0 bridgehead atoms. The highest BCUT2D eigenvalue weighted by Gasteiger charge is 2.27. The summed E-state index contributed by atoms with van der Waals surface area (Å²) >= 11 is 0. The van der Waals surface area contributed by atoms with Gasteiger partial charge in [0.1, 0.15) is 0 Å². The minimum Gasteiger partial charge on any atom is -0.454 e. The van der Waals surface area contributed by atoms with Crippen molar-refractivity contribution in [2.45, 2.75) is 19.4 Å². The molecule has 8 nitrogen and oxygen atoms in total. The van der Waals surface area contributed by atoms with E-state index in [-0.39, 0.29) is 24.5 Å². The number of hydrogen-bond donors (Lipinski definition) is 1. The number of amides is 2. The molecule has 1 N–H and O–H groups in total. The maximum Gasteiger partial charge on any atom is 0.246 e. The molecule has 0 radical (unpaired) electrons. The van der Waals surface area contributed by atoms with Gasteiger partial charge in [-0.25, -0.2) is 0 Å². The first-order valence-corrected chi connectivity index (χ1v) is 11.4. The van der Waals surface area contributed by atoms with Crippen molar-refractivity contribution in [3.8, 4) is 11.5 Å². The van der Waals surface area contributed by atoms with E-state index in [1.165, 1.54) is 5.56 Å². The number of hydrogen-bond acceptors (Lipinski definition) is 5. The zero-order valence-corrected chi connectivity index (χ0v) is 18.7. The van der Waals surface area contributed by atoms with Crippen LogP contribution in [0.3, 0.4) is 0 Å². The average molecular weight is 459 g/mol. The Morgan fingerprint density at radius 1 is 1.06 bits per heavy atom. The van der Waals surface area contributed by atoms with Crippen molar-refractivity contribution >= 4 is 23.6 Å². The van der Waals surface area contributed by atoms with Gasteiger partial charge in [-0.15, -0.1) is 0 Å². The van der Waals surface area contributed by atoms with E-state index in [4.69, 9.17) is 9.47 Å². The van der Waals surface area contributed by atoms with Crippen LogP contribution in [0.1, 0.15) is 24.0 Å². The molecule has 3 aromatic rings. The Bertz CT molecular complexity index is 1200. The highest BCUT2D eigenvalue weighted by atomic mass is 16.7. The first-order valence-electron chi connectivity index (χ1n) is 11.4. The van der Waals surface area contributed by atoms with Crippen LogP contribution < -0.4 is 14.8 Å². The number of nitrogens with zero attached hydrogens (tertiary/aromatic N) is 3. The van der Waals surface area contributed by atoms with Gasteiger partial charge in [0.05, 0.1) is 12.7 Å². The molecular formula is C26H26N4O4. The van der Waals surface area contributed by atoms with Gasteiger partial charge >= 0.3 is 0 Å². The molecule has 0 spiro atoms. The van der Waals surface area contributed by atoms with Crippen LogP contribution in [-0.2, 0) is 16.1 Å². The lowest BCUT2D eigenvalue weighted by atomic mass is 9.95. The summed E-state index contributed by atoms with van der Waals surface area (Å²) in [5.41, 5.74) is 2.73. The fourth-order valence-electron chi connectivity index (χ4n) is 4.18. The predicted octanol–water partition coefficient (Wildman–Crippen LogP) is 3.55. The number of rotatable bonds is 6. The monoisotopic (exact) mass is 458 g/mol. The lowest BCUT2D eigenvalue weighted by Crippen LogP contribution is -2.40. The largest absolute Gasteiger partial charge is 0.454 e. The lowest BCUT2D eigenvalue weighted by Gasteiger charge is -2.30. The Hall–Kier alpha value is -4.07. The van der Waals surface area contributed by atoms with Gasteiger partial charge in [-0.05, 0) is 36.6 Å². The van der Waals surface area contributed by atoms with Crippen LogP contribution in [0.5, 0.6) is 11.5 Å². The fourth-order valence-corrected chi connectivity index (χ4v) is 4.18. The Morgan fingerprint density at radius 2 is 1.85 bits per heavy atom. The number of anilines is 1. The molecule has 1 aromatic heterocycles. The van der Waals surface area contributed by atoms with Gasteiger partial charge in [0.2, 0.25) is 18.6 Å². The molecule has 3 heterocycles. The summed E-state index contributed by atoms with van der Waals surface area (Å²) in [6, 6.07) is 15.5. The summed E-state index contributed by atoms with van der Waals surface area (Å²) in [6.07, 6.45) is 8.30. The van der Waals surface area contributed by atoms with Crippen LogP contribution in [0, 0.1) is 5.92 Å². The molecule has 1 saturated heterocycles. The zero-order chi connectivity index (χ0) is 23.3. The third-order valence-corrected chi connectivity index (χ3v) is 6.08. The number of nitrogens with one attached hydrogen (secondary N) is 1. The van der Waals surface area contributed by atoms with Crippen LogP contribution in [0.2, 0.25) is 0 Å². The van der Waals surface area contributed by atoms with Gasteiger partial charge in [0.15, 0.2) is 11.5 Å². The molecule has 0 aliphatic carbocycles. The predicted molar refractivity (Wildman–Crippen MR) is 127 cm³/mol. The lowest BCUT2D eigenvalue weighted by molar-refractivity contribution is -0.130. The molecule has 0 atom stereocenters. The Labute approximate surface area is 197 Å². The second kappa shape index (κ2) is 9.82. The quantitative estimate of drug-likeness (QED) is 0.571. The normalized spacial score (nSPS) is 15.6. The van der Waals surface area contributed by atoms with Gasteiger partial charge in [-0.2, -0.15) is 5.10 Å². The first-order chi connectivity index (χ1) is 16.6. The molecule has 5 rings (SSSR count). The third kappa shape index (κ3) is 5.11. The molecular weight excluding hydrogens is 432 g/mol. The number of piperidine rings is 1. The number of benzene rings is 2. The second-order valence-corrected chi connectivity index (χ2v) is 8.45. The molecule has 2 amide bonds. The number of carbonyl (C=O) groups excluding carboxylic acids is 2. The number of ether oxygens (including phenoxy) is 2. The van der Waals surface area contributed by atoms with Crippen LogP contribution >= 0.6 is 0 Å². The van der Waals surface area contributed by atoms with E-state index in [2.05, 4.69) is 22.5 Å². The van der Waals surface area contributed by atoms with Crippen molar-refractivity contribution in [3.63, 3.8) is 0 Å². The number of likely N-dealkylation sites (tertiary alicyclic amines) is 1. The average Bonchev–Trinajstić information content (AvgIpc) is 3.52. The fraction of sp³-hybridized carbons (Fsp3) is 0.269. The van der Waals surface area contributed by atoms with Gasteiger partial charge in [-0.3, -0.25) is 14.3 Å². The zero-order valence-electron chi connectivity index (χ0n) is 18.7. The Morgan fingerprint density at radius 3 is 2.68 bits per heavy atom. The number of carbonyl (C=O) groups is 2. The molecule has 2 aliphatic heterocycles. The van der Waals surface area contributed by atoms with Crippen LogP contribution in [0.25, 0.3) is 6.08 Å². The van der Waals surface area contributed by atoms with E-state index in [1.807, 2.05) is 29.1 Å². The van der Waals surface area contributed by atoms with E-state index < -0.39 is 0 Å². The highest BCUT2D eigenvalue weighted by molar-refractivity contribution is 5.94. The van der Waals surface area contributed by atoms with E-state index >= 15 is 0 Å². The molecule has 8 heteroatoms. The van der Waals surface area contributed by atoms with Gasteiger partial charge < -0.3 is 19.7 Å². The molecule has 34 heavy (non-hydrogen) atoms. The second-order valence-electron chi connectivity index (χ2n) is 8.45. The summed E-state index contributed by atoms with van der Waals surface area (Å²) in [5.74, 6) is 1.10. The molecule has 0 unspecified atom stereocenters. The van der Waals surface area contributed by atoms with Crippen LogP contribution in [0.4, 0.5) is 5.69 Å². The standard InChI is InChI=1S/C26H26N4O4/c31-25(9-6-20-15-27-30(17-20)16-19-4-2-1-3-5-19)29-12-10-21(11-13-29)26(32)28-22-7-8-23-24(14-22)34-18-33-23/h1-9,14-15,17,21H,10-13,16,18H2,(H,28,32). The summed E-state index contributed by atoms with van der Waals surface area (Å²) in [4.78, 5) is 27.1. The Balaban J connectivity index is 1.10. The topological polar surface area (TPSA) is 85.7 Å². The van der Waals surface area contributed by atoms with Crippen molar-refractivity contribution in [3.05, 3.63) is 78.1 Å². The van der Waals surface area contributed by atoms with Crippen LogP contribution in [0.15, 0.2) is 67.0 Å². The van der Waals surface area contributed by atoms with E-state index in [0.717, 1.165) is 5.56 Å². The van der Waals surface area contributed by atoms with Crippen molar-refractivity contribution in [1.82, 2.24) is 14.7 Å². The number of fused-ring (bicyclic) bond motifs is 1. The number of aromatic nitrogens is 2. The van der Waals surface area contributed by atoms with Crippen LogP contribution in [-0.4, -0.2) is 46.4 Å². The van der Waals surface area contributed by atoms with E-state index in [9.17, 15) is 9.59 Å². The summed E-state index contributed by atoms with van der Waals surface area (Å²) in [7, 11) is 0. The minimum absolute atomic E-state index is 0.0349. The van der Waals surface area contributed by atoms with Crippen molar-refractivity contribution in [2.75, 3.05) is 25.2 Å². The van der Waals surface area contributed by atoms with Gasteiger partial charge in [0, 0.05) is 48.6 Å². The highest BCUT2D eigenvalue weighted by Crippen LogP contribution is 2.34. The smallest absolute Gasteiger partial charge is 0.246 e. The van der Waals surface area contributed by atoms with Gasteiger partial charge in [-0.1, -0.05) is 30.3 Å². The van der Waals surface area contributed by atoms with E-state index in [0.29, 0.717) is 49.7 Å². The Kier molecular flexibility index (Phi) is 6.29. The minimum atomic E-state index is -0.130. The molecule has 174 valence electrons.